The Morgan fingerprint density at radius 1 is 1.31 bits per heavy atom. The van der Waals surface area contributed by atoms with Gasteiger partial charge in [-0.25, -0.2) is 4.98 Å². The number of aromatic nitrogens is 1. The van der Waals surface area contributed by atoms with E-state index in [0.717, 1.165) is 58.5 Å². The SMILES string of the molecule is CN(C)C1(CNc2ncc(C(=O)N3CCCCC3)cc2Cl)CCOCC1. The monoisotopic (exact) mass is 380 g/mol. The molecule has 3 heterocycles. The highest BCUT2D eigenvalue weighted by molar-refractivity contribution is 6.33. The first kappa shape index (κ1) is 19.4. The van der Waals surface area contributed by atoms with E-state index in [4.69, 9.17) is 16.3 Å². The maximum atomic E-state index is 12.6. The van der Waals surface area contributed by atoms with Crippen LogP contribution in [0.15, 0.2) is 12.3 Å². The van der Waals surface area contributed by atoms with E-state index < -0.39 is 0 Å². The number of nitrogens with zero attached hydrogens (tertiary/aromatic N) is 3. The van der Waals surface area contributed by atoms with Gasteiger partial charge in [0.1, 0.15) is 5.82 Å². The Morgan fingerprint density at radius 3 is 2.62 bits per heavy atom. The predicted molar refractivity (Wildman–Crippen MR) is 104 cm³/mol. The largest absolute Gasteiger partial charge is 0.381 e. The Hall–Kier alpha value is -1.37. The molecule has 2 fully saturated rings. The van der Waals surface area contributed by atoms with Crippen LogP contribution in [-0.2, 0) is 4.74 Å². The van der Waals surface area contributed by atoms with Crippen molar-refractivity contribution in [1.29, 1.82) is 0 Å². The Balaban J connectivity index is 1.66. The molecule has 1 N–H and O–H groups in total. The molecule has 144 valence electrons. The molecule has 1 amide bonds. The number of rotatable bonds is 5. The van der Waals surface area contributed by atoms with Crippen LogP contribution in [0.3, 0.4) is 0 Å². The van der Waals surface area contributed by atoms with Gasteiger partial charge in [0.2, 0.25) is 0 Å². The number of hydrogen-bond donors (Lipinski definition) is 1. The molecule has 3 rings (SSSR count). The number of likely N-dealkylation sites (N-methyl/N-ethyl adjacent to an activating group) is 1. The van der Waals surface area contributed by atoms with Crippen molar-refractivity contribution >= 4 is 23.3 Å². The van der Waals surface area contributed by atoms with Gasteiger partial charge in [0.15, 0.2) is 0 Å². The molecule has 0 saturated carbocycles. The highest BCUT2D eigenvalue weighted by atomic mass is 35.5. The second-order valence-corrected chi connectivity index (χ2v) is 7.90. The molecule has 0 aromatic carbocycles. The minimum atomic E-state index is 0.0276. The summed E-state index contributed by atoms with van der Waals surface area (Å²) in [5, 5.41) is 3.88. The number of carbonyl (C=O) groups is 1. The zero-order valence-electron chi connectivity index (χ0n) is 15.8. The summed E-state index contributed by atoms with van der Waals surface area (Å²) in [6.45, 7) is 3.93. The molecule has 0 unspecified atom stereocenters. The second-order valence-electron chi connectivity index (χ2n) is 7.49. The molecule has 26 heavy (non-hydrogen) atoms. The van der Waals surface area contributed by atoms with Gasteiger partial charge >= 0.3 is 0 Å². The minimum absolute atomic E-state index is 0.0276. The van der Waals surface area contributed by atoms with Crippen LogP contribution in [0.5, 0.6) is 0 Å². The molecule has 0 atom stereocenters. The highest BCUT2D eigenvalue weighted by Crippen LogP contribution is 2.28. The Morgan fingerprint density at radius 2 is 2.00 bits per heavy atom. The summed E-state index contributed by atoms with van der Waals surface area (Å²) in [5.41, 5.74) is 0.599. The van der Waals surface area contributed by atoms with E-state index in [0.29, 0.717) is 16.4 Å². The van der Waals surface area contributed by atoms with Crippen LogP contribution in [0.4, 0.5) is 5.82 Å². The van der Waals surface area contributed by atoms with Crippen molar-refractivity contribution in [3.63, 3.8) is 0 Å². The number of halogens is 1. The average molecular weight is 381 g/mol. The first-order valence-corrected chi connectivity index (χ1v) is 9.83. The molecular formula is C19H29ClN4O2. The van der Waals surface area contributed by atoms with E-state index >= 15 is 0 Å². The molecule has 7 heteroatoms. The number of pyridine rings is 1. The number of nitrogens with one attached hydrogen (secondary N) is 1. The Bertz CT molecular complexity index is 626. The number of piperidine rings is 1. The topological polar surface area (TPSA) is 57.7 Å². The average Bonchev–Trinajstić information content (AvgIpc) is 2.67. The fourth-order valence-electron chi connectivity index (χ4n) is 3.75. The van der Waals surface area contributed by atoms with Crippen molar-refractivity contribution in [3.8, 4) is 0 Å². The summed E-state index contributed by atoms with van der Waals surface area (Å²) >= 11 is 6.42. The van der Waals surface area contributed by atoms with Gasteiger partial charge in [-0.1, -0.05) is 11.6 Å². The van der Waals surface area contributed by atoms with E-state index in [1.807, 2.05) is 4.90 Å². The van der Waals surface area contributed by atoms with Gasteiger partial charge in [-0.3, -0.25) is 4.79 Å². The standard InChI is InChI=1S/C19H29ClN4O2/c1-23(2)19(6-10-26-11-7-19)14-22-17-16(20)12-15(13-21-17)18(25)24-8-4-3-5-9-24/h12-13H,3-11,14H2,1-2H3,(H,21,22). The van der Waals surface area contributed by atoms with Crippen molar-refractivity contribution in [2.75, 3.05) is 52.3 Å². The van der Waals surface area contributed by atoms with Crippen LogP contribution in [0.25, 0.3) is 0 Å². The number of anilines is 1. The molecule has 2 aliphatic heterocycles. The third kappa shape index (κ3) is 4.30. The van der Waals surface area contributed by atoms with E-state index in [1.54, 1.807) is 12.3 Å². The van der Waals surface area contributed by atoms with Crippen molar-refractivity contribution in [2.24, 2.45) is 0 Å². The number of likely N-dealkylation sites (tertiary alicyclic amines) is 1. The number of amides is 1. The fraction of sp³-hybridized carbons (Fsp3) is 0.684. The lowest BCUT2D eigenvalue weighted by molar-refractivity contribution is -0.000665. The van der Waals surface area contributed by atoms with Gasteiger partial charge in [-0.15, -0.1) is 0 Å². The first-order valence-electron chi connectivity index (χ1n) is 9.46. The second kappa shape index (κ2) is 8.55. The third-order valence-electron chi connectivity index (χ3n) is 5.69. The molecule has 2 saturated heterocycles. The summed E-state index contributed by atoms with van der Waals surface area (Å²) in [6, 6.07) is 1.74. The molecule has 2 aliphatic rings. The normalized spacial score (nSPS) is 20.2. The highest BCUT2D eigenvalue weighted by Gasteiger charge is 2.34. The van der Waals surface area contributed by atoms with Gasteiger partial charge in [-0.2, -0.15) is 0 Å². The lowest BCUT2D eigenvalue weighted by atomic mass is 9.88. The van der Waals surface area contributed by atoms with E-state index in [1.165, 1.54) is 6.42 Å². The van der Waals surface area contributed by atoms with Crippen LogP contribution >= 0.6 is 11.6 Å². The van der Waals surface area contributed by atoms with Gasteiger partial charge in [0.25, 0.3) is 5.91 Å². The van der Waals surface area contributed by atoms with Crippen LogP contribution in [-0.4, -0.2) is 73.2 Å². The molecule has 6 nitrogen and oxygen atoms in total. The molecular weight excluding hydrogens is 352 g/mol. The van der Waals surface area contributed by atoms with Gasteiger partial charge in [-0.05, 0) is 52.3 Å². The zero-order valence-corrected chi connectivity index (χ0v) is 16.5. The quantitative estimate of drug-likeness (QED) is 0.851. The lowest BCUT2D eigenvalue weighted by Crippen LogP contribution is -2.53. The first-order chi connectivity index (χ1) is 12.5. The van der Waals surface area contributed by atoms with Gasteiger partial charge in [0, 0.05) is 44.6 Å². The van der Waals surface area contributed by atoms with Crippen molar-refractivity contribution < 1.29 is 9.53 Å². The summed E-state index contributed by atoms with van der Waals surface area (Å²) in [7, 11) is 4.20. The van der Waals surface area contributed by atoms with Crippen LogP contribution in [0, 0.1) is 0 Å². The third-order valence-corrected chi connectivity index (χ3v) is 5.98. The lowest BCUT2D eigenvalue weighted by Gasteiger charge is -2.43. The van der Waals surface area contributed by atoms with Crippen LogP contribution in [0.2, 0.25) is 5.02 Å². The number of hydrogen-bond acceptors (Lipinski definition) is 5. The summed E-state index contributed by atoms with van der Waals surface area (Å²) in [4.78, 5) is 21.2. The van der Waals surface area contributed by atoms with Gasteiger partial charge in [0.05, 0.1) is 10.6 Å². The van der Waals surface area contributed by atoms with Crippen molar-refractivity contribution in [1.82, 2.24) is 14.8 Å². The summed E-state index contributed by atoms with van der Waals surface area (Å²) in [6.07, 6.45) is 6.92. The summed E-state index contributed by atoms with van der Waals surface area (Å²) < 4.78 is 5.51. The summed E-state index contributed by atoms with van der Waals surface area (Å²) in [5.74, 6) is 0.661. The maximum Gasteiger partial charge on any atom is 0.255 e. The zero-order chi connectivity index (χ0) is 18.6. The van der Waals surface area contributed by atoms with E-state index in [2.05, 4.69) is 29.3 Å². The van der Waals surface area contributed by atoms with E-state index in [-0.39, 0.29) is 11.4 Å². The molecule has 1 aromatic heterocycles. The Labute approximate surface area is 160 Å². The molecule has 1 aromatic rings. The van der Waals surface area contributed by atoms with Crippen LogP contribution < -0.4 is 5.32 Å². The number of carbonyl (C=O) groups excluding carboxylic acids is 1. The van der Waals surface area contributed by atoms with Crippen molar-refractivity contribution in [2.45, 2.75) is 37.6 Å². The molecule has 0 aliphatic carbocycles. The molecule has 0 radical (unpaired) electrons. The van der Waals surface area contributed by atoms with Crippen LogP contribution in [0.1, 0.15) is 42.5 Å². The predicted octanol–water partition coefficient (Wildman–Crippen LogP) is 2.88. The maximum absolute atomic E-state index is 12.6. The minimum Gasteiger partial charge on any atom is -0.381 e. The van der Waals surface area contributed by atoms with Crippen molar-refractivity contribution in [3.05, 3.63) is 22.8 Å². The Kier molecular flexibility index (Phi) is 6.37. The number of ether oxygens (including phenoxy) is 1. The van der Waals surface area contributed by atoms with Gasteiger partial charge < -0.3 is 19.9 Å². The van der Waals surface area contributed by atoms with E-state index in [9.17, 15) is 4.79 Å². The molecule has 0 bridgehead atoms. The fourth-order valence-corrected chi connectivity index (χ4v) is 3.98. The smallest absolute Gasteiger partial charge is 0.255 e. The molecule has 0 spiro atoms.